The van der Waals surface area contributed by atoms with Gasteiger partial charge in [0.1, 0.15) is 0 Å². The summed E-state index contributed by atoms with van der Waals surface area (Å²) in [6.07, 6.45) is 0.198. The number of nitrogens with zero attached hydrogens (tertiary/aromatic N) is 1. The van der Waals surface area contributed by atoms with E-state index < -0.39 is 16.6 Å². The predicted octanol–water partition coefficient (Wildman–Crippen LogP) is 5.62. The van der Waals surface area contributed by atoms with Gasteiger partial charge in [-0.2, -0.15) is 0 Å². The maximum atomic E-state index is 15.4. The summed E-state index contributed by atoms with van der Waals surface area (Å²) in [5.41, 5.74) is 8.66. The van der Waals surface area contributed by atoms with Crippen molar-refractivity contribution in [3.63, 3.8) is 0 Å². The monoisotopic (exact) mass is 657 g/mol. The van der Waals surface area contributed by atoms with Crippen molar-refractivity contribution in [3.8, 4) is 11.5 Å². The van der Waals surface area contributed by atoms with Gasteiger partial charge in [0.2, 0.25) is 0 Å². The minimum absolute atomic E-state index is 0.0401. The molecule has 0 spiro atoms. The molecule has 4 N–H and O–H groups in total. The van der Waals surface area contributed by atoms with Gasteiger partial charge < -0.3 is 20.9 Å². The number of ether oxygens (including phenoxy) is 1. The van der Waals surface area contributed by atoms with Crippen LogP contribution < -0.4 is 15.8 Å². The molecule has 0 atom stereocenters. The van der Waals surface area contributed by atoms with Gasteiger partial charge in [-0.1, -0.05) is 51.1 Å². The molecule has 0 radical (unpaired) electrons. The second-order valence-corrected chi connectivity index (χ2v) is 12.8. The highest BCUT2D eigenvalue weighted by atomic mass is 127. The van der Waals surface area contributed by atoms with E-state index in [2.05, 4.69) is 26.1 Å². The molecule has 0 bridgehead atoms. The number of phenolic OH excluding ortho intramolecular Hbond substituents is 1. The van der Waals surface area contributed by atoms with Crippen molar-refractivity contribution in [2.75, 3.05) is 12.4 Å². The fourth-order valence-electron chi connectivity index (χ4n) is 3.76. The summed E-state index contributed by atoms with van der Waals surface area (Å²) in [4.78, 5) is -0.211. The molecule has 198 valence electrons. The predicted molar refractivity (Wildman–Crippen MR) is 156 cm³/mol. The van der Waals surface area contributed by atoms with E-state index in [0.717, 1.165) is 11.1 Å². The third-order valence-electron chi connectivity index (χ3n) is 5.77. The molecule has 3 aromatic rings. The molecule has 7 nitrogen and oxygen atoms in total. The van der Waals surface area contributed by atoms with Crippen molar-refractivity contribution in [2.24, 2.45) is 5.73 Å². The molecule has 0 aliphatic heterocycles. The van der Waals surface area contributed by atoms with Crippen molar-refractivity contribution in [3.05, 3.63) is 80.4 Å². The second kappa shape index (κ2) is 11.5. The van der Waals surface area contributed by atoms with Gasteiger partial charge in [0.05, 0.1) is 18.6 Å². The Balaban J connectivity index is 2.03. The smallest absolute Gasteiger partial charge is 0.269 e. The number of phenols is 1. The molecule has 3 aromatic carbocycles. The standard InChI is InChI=1S/C26H29FIN3O4S2/c1-26(2,3)18-10-8-16(9-11-18)12-19-21(30-25(29)36)6-5-7-24(19)37(33,34)31(27)15-17-13-23(35-4)22(32)14-20(17)28/h5-11,13-14,32H,12,15H2,1-4H3,(H3,29,30,36). The van der Waals surface area contributed by atoms with E-state index in [0.29, 0.717) is 20.4 Å². The molecule has 3 rings (SSSR count). The lowest BCUT2D eigenvalue weighted by molar-refractivity contribution is 0.130. The Hall–Kier alpha value is -2.48. The van der Waals surface area contributed by atoms with E-state index in [9.17, 15) is 13.5 Å². The molecule has 0 saturated carbocycles. The number of methoxy groups -OCH3 is 1. The minimum atomic E-state index is -4.59. The van der Waals surface area contributed by atoms with Crippen molar-refractivity contribution in [1.82, 2.24) is 4.53 Å². The number of hydrogen-bond acceptors (Lipinski definition) is 5. The third-order valence-corrected chi connectivity index (χ3v) is 8.47. The first-order valence-corrected chi connectivity index (χ1v) is 14.2. The van der Waals surface area contributed by atoms with Gasteiger partial charge in [0.15, 0.2) is 16.6 Å². The largest absolute Gasteiger partial charge is 0.504 e. The van der Waals surface area contributed by atoms with Crippen molar-refractivity contribution in [2.45, 2.75) is 44.0 Å². The van der Waals surface area contributed by atoms with E-state index in [1.165, 1.54) is 31.4 Å². The zero-order valence-electron chi connectivity index (χ0n) is 20.9. The number of benzene rings is 3. The highest BCUT2D eigenvalue weighted by Gasteiger charge is 2.30. The molecule has 0 amide bonds. The number of hydrogen-bond donors (Lipinski definition) is 3. The average Bonchev–Trinajstić information content (AvgIpc) is 2.81. The Kier molecular flexibility index (Phi) is 9.04. The first-order chi connectivity index (χ1) is 17.2. The van der Waals surface area contributed by atoms with Crippen molar-refractivity contribution >= 4 is 55.6 Å². The van der Waals surface area contributed by atoms with Crippen LogP contribution in [0.1, 0.15) is 43.0 Å². The second-order valence-electron chi connectivity index (χ2n) is 9.46. The van der Waals surface area contributed by atoms with Crippen LogP contribution in [0, 0.1) is 3.57 Å². The molecule has 11 heteroatoms. The lowest BCUT2D eigenvalue weighted by Crippen LogP contribution is -2.26. The minimum Gasteiger partial charge on any atom is -0.504 e. The Bertz CT molecular complexity index is 1410. The summed E-state index contributed by atoms with van der Waals surface area (Å²) in [7, 11) is -3.23. The fourth-order valence-corrected chi connectivity index (χ4v) is 5.76. The number of anilines is 1. The Morgan fingerprint density at radius 2 is 1.84 bits per heavy atom. The van der Waals surface area contributed by atoms with Crippen LogP contribution in [-0.2, 0) is 28.4 Å². The van der Waals surface area contributed by atoms with E-state index in [1.54, 1.807) is 6.07 Å². The van der Waals surface area contributed by atoms with Crippen LogP contribution >= 0.6 is 34.8 Å². The van der Waals surface area contributed by atoms with Crippen LogP contribution in [-0.4, -0.2) is 30.3 Å². The maximum Gasteiger partial charge on any atom is 0.269 e. The van der Waals surface area contributed by atoms with Gasteiger partial charge in [0, 0.05) is 21.2 Å². The molecule has 0 aliphatic rings. The van der Waals surface area contributed by atoms with Crippen molar-refractivity contribution in [1.29, 1.82) is 0 Å². The Morgan fingerprint density at radius 1 is 1.19 bits per heavy atom. The first kappa shape index (κ1) is 29.1. The average molecular weight is 658 g/mol. The van der Waals surface area contributed by atoms with Crippen LogP contribution in [0.15, 0.2) is 59.5 Å². The van der Waals surface area contributed by atoms with E-state index >= 15 is 4.48 Å². The lowest BCUT2D eigenvalue weighted by atomic mass is 9.86. The topological polar surface area (TPSA) is 105 Å². The molecule has 0 heterocycles. The maximum absolute atomic E-state index is 15.4. The fraction of sp³-hybridized carbons (Fsp3) is 0.269. The summed E-state index contributed by atoms with van der Waals surface area (Å²) in [5.74, 6) is -0.0107. The molecule has 0 fully saturated rings. The van der Waals surface area contributed by atoms with Gasteiger partial charge in [0.25, 0.3) is 10.0 Å². The summed E-state index contributed by atoms with van der Waals surface area (Å²) in [5, 5.41) is 12.7. The molecule has 37 heavy (non-hydrogen) atoms. The highest BCUT2D eigenvalue weighted by molar-refractivity contribution is 14.1. The van der Waals surface area contributed by atoms with Gasteiger partial charge in [-0.25, -0.2) is 8.42 Å². The normalized spacial score (nSPS) is 12.0. The number of halogens is 2. The summed E-state index contributed by atoms with van der Waals surface area (Å²) >= 11 is 6.88. The van der Waals surface area contributed by atoms with Gasteiger partial charge in [-0.15, -0.1) is 4.48 Å². The van der Waals surface area contributed by atoms with E-state index in [4.69, 9.17) is 22.7 Å². The lowest BCUT2D eigenvalue weighted by Gasteiger charge is -2.21. The zero-order chi connectivity index (χ0) is 27.5. The summed E-state index contributed by atoms with van der Waals surface area (Å²) in [6, 6.07) is 15.1. The summed E-state index contributed by atoms with van der Waals surface area (Å²) < 4.78 is 47.7. The van der Waals surface area contributed by atoms with Crippen LogP contribution in [0.25, 0.3) is 0 Å². The number of aromatic hydroxyl groups is 1. The van der Waals surface area contributed by atoms with Gasteiger partial charge in [-0.05, 0) is 85.7 Å². The van der Waals surface area contributed by atoms with Gasteiger partial charge >= 0.3 is 0 Å². The number of nitrogens with two attached hydrogens (primary N) is 1. The number of sulfonamides is 1. The van der Waals surface area contributed by atoms with Crippen LogP contribution in [0.5, 0.6) is 11.5 Å². The van der Waals surface area contributed by atoms with Crippen LogP contribution in [0.2, 0.25) is 0 Å². The quantitative estimate of drug-likeness (QED) is 0.164. The molecule has 0 aliphatic carbocycles. The molecule has 0 unspecified atom stereocenters. The summed E-state index contributed by atoms with van der Waals surface area (Å²) in [6.45, 7) is 5.74. The van der Waals surface area contributed by atoms with Crippen LogP contribution in [0.4, 0.5) is 10.2 Å². The molecule has 0 aromatic heterocycles. The highest BCUT2D eigenvalue weighted by Crippen LogP contribution is 2.34. The first-order valence-electron chi connectivity index (χ1n) is 11.3. The van der Waals surface area contributed by atoms with E-state index in [1.807, 2.05) is 46.9 Å². The van der Waals surface area contributed by atoms with Crippen LogP contribution in [0.3, 0.4) is 0 Å². The molecular weight excluding hydrogens is 628 g/mol. The number of nitrogens with one attached hydrogen (secondary N) is 1. The van der Waals surface area contributed by atoms with Gasteiger partial charge in [-0.3, -0.25) is 0 Å². The molecule has 0 saturated heterocycles. The van der Waals surface area contributed by atoms with Crippen molar-refractivity contribution < 1.29 is 22.7 Å². The Labute approximate surface area is 236 Å². The zero-order valence-corrected chi connectivity index (χ0v) is 24.7. The van der Waals surface area contributed by atoms with E-state index in [-0.39, 0.29) is 37.9 Å². The Morgan fingerprint density at radius 3 is 2.41 bits per heavy atom. The SMILES string of the molecule is COc1cc(CN(F)S(=O)(=O)c2cccc(NC(N)=S)c2Cc2ccc(C(C)(C)C)cc2)c(I)cc1O. The number of thiocarbonyl (C=S) groups is 1. The third kappa shape index (κ3) is 6.89. The molecular formula is C26H29FIN3O4S2. The number of rotatable bonds is 8.